The molecule has 4 rings (SSSR count). The molecule has 0 aliphatic carbocycles. The van der Waals surface area contributed by atoms with Gasteiger partial charge in [-0.25, -0.2) is 18.1 Å². The Kier molecular flexibility index (Phi) is 5.82. The summed E-state index contributed by atoms with van der Waals surface area (Å²) in [4.78, 5) is 8.93. The number of aryl methyl sites for hydroxylation is 1. The first-order valence-corrected chi connectivity index (χ1v) is 11.8. The maximum atomic E-state index is 13.0. The lowest BCUT2D eigenvalue weighted by molar-refractivity contribution is 0.271. The number of nitrogens with one attached hydrogen (secondary N) is 2. The van der Waals surface area contributed by atoms with E-state index in [0.717, 1.165) is 23.2 Å². The molecule has 7 nitrogen and oxygen atoms in total. The van der Waals surface area contributed by atoms with Gasteiger partial charge in [-0.15, -0.1) is 0 Å². The van der Waals surface area contributed by atoms with Crippen LogP contribution >= 0.6 is 0 Å². The molecule has 2 heterocycles. The second-order valence-electron chi connectivity index (χ2n) is 8.15. The number of hydrogen-bond donors (Lipinski definition) is 2. The maximum absolute atomic E-state index is 13.0. The molecule has 0 fully saturated rings. The van der Waals surface area contributed by atoms with Gasteiger partial charge < -0.3 is 10.1 Å². The van der Waals surface area contributed by atoms with Crippen molar-refractivity contribution in [2.45, 2.75) is 38.1 Å². The molecule has 0 radical (unpaired) electrons. The SMILES string of the molecule is Cc1ccccc1-c1cc2nc(n1)NS(=O)(=O)c1cccc(c1)N[C@H](CC(C)C)CO2. The molecule has 1 aromatic heterocycles. The smallest absolute Gasteiger partial charge is 0.264 e. The van der Waals surface area contributed by atoms with Gasteiger partial charge in [0.25, 0.3) is 10.0 Å². The van der Waals surface area contributed by atoms with Crippen LogP contribution in [0.2, 0.25) is 0 Å². The minimum atomic E-state index is -3.87. The zero-order valence-electron chi connectivity index (χ0n) is 17.8. The number of aromatic nitrogens is 2. The highest BCUT2D eigenvalue weighted by Crippen LogP contribution is 2.28. The number of rotatable bonds is 3. The first kappa shape index (κ1) is 21.1. The summed E-state index contributed by atoms with van der Waals surface area (Å²) >= 11 is 0. The summed E-state index contributed by atoms with van der Waals surface area (Å²) in [5.74, 6) is 0.743. The van der Waals surface area contributed by atoms with Crippen LogP contribution in [-0.4, -0.2) is 31.0 Å². The molecule has 0 saturated heterocycles. The second-order valence-corrected chi connectivity index (χ2v) is 9.83. The topological polar surface area (TPSA) is 93.2 Å². The van der Waals surface area contributed by atoms with Gasteiger partial charge >= 0.3 is 0 Å². The van der Waals surface area contributed by atoms with Gasteiger partial charge in [-0.2, -0.15) is 4.98 Å². The molecule has 0 unspecified atom stereocenters. The van der Waals surface area contributed by atoms with Crippen LogP contribution in [0.15, 0.2) is 59.5 Å². The van der Waals surface area contributed by atoms with Gasteiger partial charge in [-0.1, -0.05) is 44.2 Å². The average molecular weight is 439 g/mol. The van der Waals surface area contributed by atoms with Crippen molar-refractivity contribution in [2.24, 2.45) is 5.92 Å². The van der Waals surface area contributed by atoms with Crippen LogP contribution in [0.25, 0.3) is 11.3 Å². The van der Waals surface area contributed by atoms with Crippen LogP contribution in [0.4, 0.5) is 11.6 Å². The van der Waals surface area contributed by atoms with E-state index >= 15 is 0 Å². The van der Waals surface area contributed by atoms with Gasteiger partial charge in [0.1, 0.15) is 6.61 Å². The maximum Gasteiger partial charge on any atom is 0.264 e. The van der Waals surface area contributed by atoms with Crippen LogP contribution in [-0.2, 0) is 10.0 Å². The number of hydrogen-bond acceptors (Lipinski definition) is 6. The number of benzene rings is 2. The molecule has 0 spiro atoms. The Bertz CT molecular complexity index is 1190. The third-order valence-electron chi connectivity index (χ3n) is 5.05. The van der Waals surface area contributed by atoms with Gasteiger partial charge in [0.15, 0.2) is 0 Å². The van der Waals surface area contributed by atoms with E-state index in [-0.39, 0.29) is 16.9 Å². The van der Waals surface area contributed by atoms with E-state index in [1.807, 2.05) is 37.3 Å². The van der Waals surface area contributed by atoms with Gasteiger partial charge in [-0.3, -0.25) is 0 Å². The number of fused-ring (bicyclic) bond motifs is 4. The van der Waals surface area contributed by atoms with E-state index in [0.29, 0.717) is 24.1 Å². The molecule has 3 aromatic rings. The summed E-state index contributed by atoms with van der Waals surface area (Å²) in [6.07, 6.45) is 0.859. The van der Waals surface area contributed by atoms with Crippen LogP contribution < -0.4 is 14.8 Å². The summed E-state index contributed by atoms with van der Waals surface area (Å²) < 4.78 is 34.5. The van der Waals surface area contributed by atoms with Crippen molar-refractivity contribution < 1.29 is 13.2 Å². The predicted octanol–water partition coefficient (Wildman–Crippen LogP) is 4.47. The van der Waals surface area contributed by atoms with E-state index in [4.69, 9.17) is 4.74 Å². The Labute approximate surface area is 183 Å². The van der Waals surface area contributed by atoms with Crippen LogP contribution in [0.5, 0.6) is 5.88 Å². The Hall–Kier alpha value is -3.13. The molecule has 8 heteroatoms. The van der Waals surface area contributed by atoms with E-state index in [1.165, 1.54) is 0 Å². The van der Waals surface area contributed by atoms with Crippen molar-refractivity contribution in [2.75, 3.05) is 16.6 Å². The first-order valence-electron chi connectivity index (χ1n) is 10.3. The van der Waals surface area contributed by atoms with Crippen LogP contribution in [0, 0.1) is 12.8 Å². The minimum Gasteiger partial charge on any atom is -0.475 e. The third-order valence-corrected chi connectivity index (χ3v) is 6.38. The van der Waals surface area contributed by atoms with Gasteiger partial charge in [0, 0.05) is 17.3 Å². The van der Waals surface area contributed by atoms with E-state index < -0.39 is 10.0 Å². The quantitative estimate of drug-likeness (QED) is 0.627. The molecule has 0 amide bonds. The highest BCUT2D eigenvalue weighted by atomic mass is 32.2. The van der Waals surface area contributed by atoms with Gasteiger partial charge in [-0.05, 0) is 43.0 Å². The van der Waals surface area contributed by atoms with Crippen molar-refractivity contribution in [3.8, 4) is 17.1 Å². The van der Waals surface area contributed by atoms with E-state index in [1.54, 1.807) is 24.3 Å². The van der Waals surface area contributed by atoms with Gasteiger partial charge in [0.05, 0.1) is 16.6 Å². The lowest BCUT2D eigenvalue weighted by Gasteiger charge is -2.23. The molecule has 4 bridgehead atoms. The van der Waals surface area contributed by atoms with Crippen molar-refractivity contribution in [3.63, 3.8) is 0 Å². The molecule has 1 aliphatic rings. The Morgan fingerprint density at radius 1 is 1.10 bits per heavy atom. The van der Waals surface area contributed by atoms with Gasteiger partial charge in [0.2, 0.25) is 11.8 Å². The van der Waals surface area contributed by atoms with E-state index in [2.05, 4.69) is 33.9 Å². The fraction of sp³-hybridized carbons (Fsp3) is 0.304. The number of ether oxygens (including phenoxy) is 1. The van der Waals surface area contributed by atoms with Crippen molar-refractivity contribution in [1.82, 2.24) is 9.97 Å². The molecule has 2 N–H and O–H groups in total. The zero-order valence-corrected chi connectivity index (χ0v) is 18.6. The van der Waals surface area contributed by atoms with Crippen molar-refractivity contribution >= 4 is 21.7 Å². The number of anilines is 2. The Morgan fingerprint density at radius 2 is 1.90 bits per heavy atom. The normalized spacial score (nSPS) is 17.5. The van der Waals surface area contributed by atoms with Crippen molar-refractivity contribution in [3.05, 3.63) is 60.2 Å². The molecule has 2 aromatic carbocycles. The standard InChI is InChI=1S/C23H26N4O3S/c1-15(2)11-18-14-30-22-13-21(20-10-5-4-7-16(20)3)25-23(26-22)27-31(28,29)19-9-6-8-17(12-19)24-18/h4-10,12-13,15,18,24H,11,14H2,1-3H3,(H,25,26,27)/t18-/m1/s1. The molecule has 31 heavy (non-hydrogen) atoms. The minimum absolute atomic E-state index is 0.00864. The summed E-state index contributed by atoms with van der Waals surface area (Å²) in [5.41, 5.74) is 3.23. The highest BCUT2D eigenvalue weighted by molar-refractivity contribution is 7.92. The zero-order chi connectivity index (χ0) is 22.0. The molecule has 1 aliphatic heterocycles. The summed E-state index contributed by atoms with van der Waals surface area (Å²) in [5, 5.41) is 3.41. The third kappa shape index (κ3) is 4.96. The highest BCUT2D eigenvalue weighted by Gasteiger charge is 2.21. The van der Waals surface area contributed by atoms with Crippen LogP contribution in [0.3, 0.4) is 0 Å². The summed E-state index contributed by atoms with van der Waals surface area (Å²) in [7, 11) is -3.87. The lowest BCUT2D eigenvalue weighted by atomic mass is 10.0. The molecule has 0 saturated carbocycles. The summed E-state index contributed by atoms with van der Waals surface area (Å²) in [6.45, 7) is 6.65. The van der Waals surface area contributed by atoms with E-state index in [9.17, 15) is 8.42 Å². The van der Waals surface area contributed by atoms with Crippen LogP contribution in [0.1, 0.15) is 25.8 Å². The molecular formula is C23H26N4O3S. The molecule has 1 atom stereocenters. The first-order chi connectivity index (χ1) is 14.8. The average Bonchev–Trinajstić information content (AvgIpc) is 2.71. The fourth-order valence-electron chi connectivity index (χ4n) is 3.63. The monoisotopic (exact) mass is 438 g/mol. The Morgan fingerprint density at radius 3 is 2.68 bits per heavy atom. The second kappa shape index (κ2) is 8.55. The molecular weight excluding hydrogens is 412 g/mol. The predicted molar refractivity (Wildman–Crippen MR) is 122 cm³/mol. The lowest BCUT2D eigenvalue weighted by Crippen LogP contribution is -2.29. The fourth-order valence-corrected chi connectivity index (χ4v) is 4.62. The largest absolute Gasteiger partial charge is 0.475 e. The summed E-state index contributed by atoms with van der Waals surface area (Å²) in [6, 6.07) is 16.3. The van der Waals surface area contributed by atoms with Crippen molar-refractivity contribution in [1.29, 1.82) is 0 Å². The number of sulfonamides is 1. The Balaban J connectivity index is 1.82. The molecule has 162 valence electrons. The number of nitrogens with zero attached hydrogens (tertiary/aromatic N) is 2.